The highest BCUT2D eigenvalue weighted by atomic mass is 79.9. The molecule has 5 heteroatoms. The van der Waals surface area contributed by atoms with Gasteiger partial charge in [0.1, 0.15) is 6.54 Å². The van der Waals surface area contributed by atoms with E-state index < -0.39 is 0 Å². The van der Waals surface area contributed by atoms with Crippen LogP contribution in [-0.2, 0) is 0 Å². The Morgan fingerprint density at radius 1 is 1.12 bits per heavy atom. The smallest absolute Gasteiger partial charge is 0.255 e. The first-order chi connectivity index (χ1) is 11.9. The molecule has 2 rings (SSSR count). The molecule has 0 aliphatic carbocycles. The van der Waals surface area contributed by atoms with Gasteiger partial charge in [-0.1, -0.05) is 60.1 Å². The molecule has 0 saturated heterocycles. The topological polar surface area (TPSA) is 61.2 Å². The Labute approximate surface area is 156 Å². The molecule has 0 aliphatic rings. The molecular formula is C20H19BrN2O2. The summed E-state index contributed by atoms with van der Waals surface area (Å²) in [7, 11) is 0. The highest BCUT2D eigenvalue weighted by Gasteiger charge is 2.23. The zero-order valence-corrected chi connectivity index (χ0v) is 15.8. The number of carbonyl (C=O) groups is 2. The molecule has 128 valence electrons. The predicted molar refractivity (Wildman–Crippen MR) is 100 cm³/mol. The molecule has 0 bridgehead atoms. The van der Waals surface area contributed by atoms with Crippen LogP contribution in [0, 0.1) is 17.2 Å². The van der Waals surface area contributed by atoms with Crippen molar-refractivity contribution in [2.75, 3.05) is 13.1 Å². The summed E-state index contributed by atoms with van der Waals surface area (Å²) in [6, 6.07) is 15.9. The lowest BCUT2D eigenvalue weighted by Gasteiger charge is -2.23. The van der Waals surface area contributed by atoms with Crippen LogP contribution in [0.1, 0.15) is 40.1 Å². The molecule has 2 aromatic carbocycles. The van der Waals surface area contributed by atoms with Crippen LogP contribution in [0.4, 0.5) is 0 Å². The van der Waals surface area contributed by atoms with Crippen molar-refractivity contribution < 1.29 is 9.59 Å². The standard InChI is InChI=1S/C20H19BrN2O2/c1-14(2)13-23(11-10-22)20(25)17-9-8-16(21)12-18(17)19(24)15-6-4-3-5-7-15/h3-9,12,14H,11,13H2,1-2H3. The number of benzene rings is 2. The molecule has 0 radical (unpaired) electrons. The van der Waals surface area contributed by atoms with Crippen molar-refractivity contribution >= 4 is 27.6 Å². The number of amides is 1. The number of ketones is 1. The fourth-order valence-corrected chi connectivity index (χ4v) is 2.91. The second-order valence-electron chi connectivity index (χ2n) is 6.12. The van der Waals surface area contributed by atoms with E-state index >= 15 is 0 Å². The third-order valence-electron chi connectivity index (χ3n) is 3.63. The number of carbonyl (C=O) groups excluding carboxylic acids is 2. The van der Waals surface area contributed by atoms with Crippen LogP contribution >= 0.6 is 15.9 Å². The maximum atomic E-state index is 12.9. The van der Waals surface area contributed by atoms with Crippen molar-refractivity contribution in [1.29, 1.82) is 5.26 Å². The summed E-state index contributed by atoms with van der Waals surface area (Å²) < 4.78 is 0.721. The number of rotatable bonds is 6. The largest absolute Gasteiger partial charge is 0.325 e. The Balaban J connectivity index is 2.46. The second-order valence-corrected chi connectivity index (χ2v) is 7.04. The van der Waals surface area contributed by atoms with Crippen molar-refractivity contribution in [3.63, 3.8) is 0 Å². The minimum absolute atomic E-state index is 0.00789. The third kappa shape index (κ3) is 4.77. The Bertz CT molecular complexity index is 810. The monoisotopic (exact) mass is 398 g/mol. The van der Waals surface area contributed by atoms with Gasteiger partial charge < -0.3 is 4.90 Å². The third-order valence-corrected chi connectivity index (χ3v) is 4.12. The molecule has 1 amide bonds. The van der Waals surface area contributed by atoms with E-state index in [1.807, 2.05) is 26.0 Å². The summed E-state index contributed by atoms with van der Waals surface area (Å²) in [6.45, 7) is 4.41. The van der Waals surface area contributed by atoms with Crippen LogP contribution in [0.2, 0.25) is 0 Å². The van der Waals surface area contributed by atoms with Gasteiger partial charge in [0.2, 0.25) is 0 Å². The van der Waals surface area contributed by atoms with Crippen molar-refractivity contribution in [3.05, 3.63) is 69.7 Å². The number of hydrogen-bond acceptors (Lipinski definition) is 3. The molecule has 25 heavy (non-hydrogen) atoms. The van der Waals surface area contributed by atoms with Crippen LogP contribution < -0.4 is 0 Å². The number of nitriles is 1. The van der Waals surface area contributed by atoms with Crippen LogP contribution in [0.15, 0.2) is 53.0 Å². The molecule has 0 aromatic heterocycles. The molecule has 0 spiro atoms. The number of halogens is 1. The lowest BCUT2D eigenvalue weighted by atomic mass is 9.97. The van der Waals surface area contributed by atoms with E-state index in [9.17, 15) is 9.59 Å². The van der Waals surface area contributed by atoms with Crippen LogP contribution in [0.25, 0.3) is 0 Å². The molecule has 0 N–H and O–H groups in total. The van der Waals surface area contributed by atoms with Gasteiger partial charge in [-0.2, -0.15) is 5.26 Å². The van der Waals surface area contributed by atoms with E-state index in [0.717, 1.165) is 4.47 Å². The summed E-state index contributed by atoms with van der Waals surface area (Å²) in [5.41, 5.74) is 1.16. The molecule has 0 unspecified atom stereocenters. The molecule has 4 nitrogen and oxygen atoms in total. The first-order valence-electron chi connectivity index (χ1n) is 7.99. The Morgan fingerprint density at radius 3 is 2.40 bits per heavy atom. The fourth-order valence-electron chi connectivity index (χ4n) is 2.55. The Kier molecular flexibility index (Phi) is 6.49. The van der Waals surface area contributed by atoms with Gasteiger partial charge in [-0.15, -0.1) is 0 Å². The van der Waals surface area contributed by atoms with Gasteiger partial charge in [0.25, 0.3) is 5.91 Å². The first-order valence-corrected chi connectivity index (χ1v) is 8.79. The van der Waals surface area contributed by atoms with E-state index in [-0.39, 0.29) is 24.2 Å². The predicted octanol–water partition coefficient (Wildman–Crippen LogP) is 4.30. The molecule has 2 aromatic rings. The van der Waals surface area contributed by atoms with Crippen LogP contribution in [-0.4, -0.2) is 29.7 Å². The molecule has 0 heterocycles. The normalized spacial score (nSPS) is 10.4. The summed E-state index contributed by atoms with van der Waals surface area (Å²) in [6.07, 6.45) is 0. The minimum Gasteiger partial charge on any atom is -0.325 e. The first kappa shape index (κ1) is 18.9. The van der Waals surface area contributed by atoms with Gasteiger partial charge in [-0.25, -0.2) is 0 Å². The van der Waals surface area contributed by atoms with E-state index in [1.165, 1.54) is 4.90 Å². The van der Waals surface area contributed by atoms with Gasteiger partial charge in [-0.3, -0.25) is 9.59 Å². The average Bonchev–Trinajstić information content (AvgIpc) is 2.60. The second kappa shape index (κ2) is 8.59. The molecule has 0 aliphatic heterocycles. The highest BCUT2D eigenvalue weighted by molar-refractivity contribution is 9.10. The van der Waals surface area contributed by atoms with Crippen LogP contribution in [0.5, 0.6) is 0 Å². The van der Waals surface area contributed by atoms with E-state index in [0.29, 0.717) is 23.2 Å². The lowest BCUT2D eigenvalue weighted by Crippen LogP contribution is -2.35. The quantitative estimate of drug-likeness (QED) is 0.538. The molecular weight excluding hydrogens is 380 g/mol. The van der Waals surface area contributed by atoms with E-state index in [1.54, 1.807) is 42.5 Å². The summed E-state index contributed by atoms with van der Waals surface area (Å²) in [5, 5.41) is 9.03. The summed E-state index contributed by atoms with van der Waals surface area (Å²) in [4.78, 5) is 27.3. The summed E-state index contributed by atoms with van der Waals surface area (Å²) >= 11 is 3.36. The molecule has 0 saturated carbocycles. The summed E-state index contributed by atoms with van der Waals surface area (Å²) in [5.74, 6) is -0.297. The van der Waals surface area contributed by atoms with E-state index in [4.69, 9.17) is 5.26 Å². The maximum absolute atomic E-state index is 12.9. The van der Waals surface area contributed by atoms with Gasteiger partial charge in [0, 0.05) is 22.1 Å². The van der Waals surface area contributed by atoms with Crippen molar-refractivity contribution in [1.82, 2.24) is 4.90 Å². The Morgan fingerprint density at radius 2 is 1.80 bits per heavy atom. The molecule has 0 atom stereocenters. The Hall–Kier alpha value is -2.45. The van der Waals surface area contributed by atoms with Crippen LogP contribution in [0.3, 0.4) is 0 Å². The van der Waals surface area contributed by atoms with Crippen molar-refractivity contribution in [2.24, 2.45) is 5.92 Å². The minimum atomic E-state index is -0.304. The van der Waals surface area contributed by atoms with Gasteiger partial charge in [0.05, 0.1) is 11.6 Å². The maximum Gasteiger partial charge on any atom is 0.255 e. The zero-order valence-electron chi connectivity index (χ0n) is 14.2. The van der Waals surface area contributed by atoms with Gasteiger partial charge in [-0.05, 0) is 24.1 Å². The average molecular weight is 399 g/mol. The van der Waals surface area contributed by atoms with Crippen molar-refractivity contribution in [2.45, 2.75) is 13.8 Å². The highest BCUT2D eigenvalue weighted by Crippen LogP contribution is 2.22. The lowest BCUT2D eigenvalue weighted by molar-refractivity contribution is 0.0754. The number of hydrogen-bond donors (Lipinski definition) is 0. The fraction of sp³-hybridized carbons (Fsp3) is 0.250. The number of nitrogens with zero attached hydrogens (tertiary/aromatic N) is 2. The van der Waals surface area contributed by atoms with Gasteiger partial charge in [0.15, 0.2) is 5.78 Å². The zero-order chi connectivity index (χ0) is 18.4. The molecule has 0 fully saturated rings. The SMILES string of the molecule is CC(C)CN(CC#N)C(=O)c1ccc(Br)cc1C(=O)c1ccccc1. The van der Waals surface area contributed by atoms with E-state index in [2.05, 4.69) is 15.9 Å². The van der Waals surface area contributed by atoms with Gasteiger partial charge >= 0.3 is 0 Å². The van der Waals surface area contributed by atoms with Crippen molar-refractivity contribution in [3.8, 4) is 6.07 Å².